The highest BCUT2D eigenvalue weighted by Gasteiger charge is 2.06. The Balaban J connectivity index is 2.79. The second-order valence-electron chi connectivity index (χ2n) is 3.44. The van der Waals surface area contributed by atoms with Crippen LogP contribution >= 0.6 is 0 Å². The Morgan fingerprint density at radius 2 is 2.21 bits per heavy atom. The van der Waals surface area contributed by atoms with Crippen LogP contribution in [0.25, 0.3) is 0 Å². The molecule has 14 heavy (non-hydrogen) atoms. The largest absolute Gasteiger partial charge is 0.491 e. The zero-order chi connectivity index (χ0) is 10.6. The summed E-state index contributed by atoms with van der Waals surface area (Å²) in [6.45, 7) is 8.31. The van der Waals surface area contributed by atoms with Crippen molar-refractivity contribution in [3.05, 3.63) is 36.5 Å². The van der Waals surface area contributed by atoms with Crippen molar-refractivity contribution in [1.29, 1.82) is 0 Å². The van der Waals surface area contributed by atoms with Gasteiger partial charge in [-0.1, -0.05) is 19.9 Å². The van der Waals surface area contributed by atoms with Gasteiger partial charge in [-0.15, -0.1) is 0 Å². The Morgan fingerprint density at radius 3 is 2.71 bits per heavy atom. The van der Waals surface area contributed by atoms with Crippen LogP contribution < -0.4 is 4.74 Å². The molecule has 0 aliphatic heterocycles. The van der Waals surface area contributed by atoms with Gasteiger partial charge >= 0.3 is 0 Å². The van der Waals surface area contributed by atoms with E-state index in [9.17, 15) is 4.39 Å². The van der Waals surface area contributed by atoms with E-state index in [1.807, 2.05) is 19.9 Å². The van der Waals surface area contributed by atoms with Gasteiger partial charge in [-0.3, -0.25) is 0 Å². The van der Waals surface area contributed by atoms with E-state index in [0.717, 1.165) is 12.0 Å². The van der Waals surface area contributed by atoms with Crippen molar-refractivity contribution in [3.8, 4) is 5.75 Å². The fraction of sp³-hybridized carbons (Fsp3) is 0.417. The van der Waals surface area contributed by atoms with Crippen LogP contribution in [-0.4, -0.2) is 6.61 Å². The van der Waals surface area contributed by atoms with Gasteiger partial charge in [-0.2, -0.15) is 0 Å². The van der Waals surface area contributed by atoms with E-state index in [4.69, 9.17) is 4.74 Å². The molecule has 1 unspecified atom stereocenters. The third kappa shape index (κ3) is 2.72. The Kier molecular flexibility index (Phi) is 3.93. The number of ether oxygens (including phenoxy) is 1. The molecule has 0 aliphatic carbocycles. The van der Waals surface area contributed by atoms with E-state index >= 15 is 0 Å². The fourth-order valence-electron chi connectivity index (χ4n) is 1.15. The van der Waals surface area contributed by atoms with Gasteiger partial charge in [0.15, 0.2) is 11.6 Å². The summed E-state index contributed by atoms with van der Waals surface area (Å²) in [6.07, 6.45) is 0.882. The first-order valence-corrected chi connectivity index (χ1v) is 4.90. The van der Waals surface area contributed by atoms with Crippen LogP contribution in [0.2, 0.25) is 0 Å². The summed E-state index contributed by atoms with van der Waals surface area (Å²) in [4.78, 5) is 0. The Labute approximate surface area is 84.9 Å². The zero-order valence-electron chi connectivity index (χ0n) is 8.72. The predicted molar refractivity (Wildman–Crippen MR) is 56.0 cm³/mol. The molecular formula is C12H16FO. The molecule has 0 saturated carbocycles. The molecular weight excluding hydrogens is 179 g/mol. The van der Waals surface area contributed by atoms with Crippen molar-refractivity contribution < 1.29 is 9.13 Å². The lowest BCUT2D eigenvalue weighted by Gasteiger charge is -2.09. The van der Waals surface area contributed by atoms with Crippen LogP contribution in [0.4, 0.5) is 4.39 Å². The molecule has 0 fully saturated rings. The normalized spacial score (nSPS) is 10.6. The maximum atomic E-state index is 13.4. The number of benzene rings is 1. The van der Waals surface area contributed by atoms with Crippen LogP contribution in [0.15, 0.2) is 18.2 Å². The standard InChI is InChI=1S/C12H16FO/c1-4-7-14-12-6-5-10(9(2)3)8-11(12)13/h5-6,8-9H,2,4,7H2,1,3H3. The van der Waals surface area contributed by atoms with E-state index in [2.05, 4.69) is 6.92 Å². The highest BCUT2D eigenvalue weighted by molar-refractivity contribution is 5.31. The second-order valence-corrected chi connectivity index (χ2v) is 3.44. The zero-order valence-corrected chi connectivity index (χ0v) is 8.72. The van der Waals surface area contributed by atoms with E-state index in [1.54, 1.807) is 6.07 Å². The average molecular weight is 195 g/mol. The summed E-state index contributed by atoms with van der Waals surface area (Å²) in [5.41, 5.74) is 0.895. The summed E-state index contributed by atoms with van der Waals surface area (Å²) < 4.78 is 18.6. The third-order valence-corrected chi connectivity index (χ3v) is 1.99. The first kappa shape index (κ1) is 11.0. The molecule has 2 heteroatoms. The van der Waals surface area contributed by atoms with Crippen LogP contribution in [0.1, 0.15) is 31.7 Å². The highest BCUT2D eigenvalue weighted by Crippen LogP contribution is 2.22. The molecule has 0 saturated heterocycles. The number of hydrogen-bond acceptors (Lipinski definition) is 1. The van der Waals surface area contributed by atoms with Gasteiger partial charge in [-0.05, 0) is 37.0 Å². The molecule has 1 rings (SSSR count). The van der Waals surface area contributed by atoms with Crippen molar-refractivity contribution in [1.82, 2.24) is 0 Å². The lowest BCUT2D eigenvalue weighted by molar-refractivity contribution is 0.301. The molecule has 0 spiro atoms. The maximum absolute atomic E-state index is 13.4. The smallest absolute Gasteiger partial charge is 0.165 e. The van der Waals surface area contributed by atoms with Crippen molar-refractivity contribution in [2.24, 2.45) is 0 Å². The topological polar surface area (TPSA) is 9.23 Å². The number of halogens is 1. The van der Waals surface area contributed by atoms with Gasteiger partial charge in [0.05, 0.1) is 6.61 Å². The second kappa shape index (κ2) is 4.99. The van der Waals surface area contributed by atoms with E-state index in [-0.39, 0.29) is 11.7 Å². The Morgan fingerprint density at radius 1 is 1.50 bits per heavy atom. The number of rotatable bonds is 4. The van der Waals surface area contributed by atoms with Crippen LogP contribution in [-0.2, 0) is 0 Å². The predicted octanol–water partition coefficient (Wildman–Crippen LogP) is 3.55. The van der Waals surface area contributed by atoms with Crippen LogP contribution in [0, 0.1) is 12.7 Å². The highest BCUT2D eigenvalue weighted by atomic mass is 19.1. The minimum atomic E-state index is -0.300. The van der Waals surface area contributed by atoms with Crippen molar-refractivity contribution >= 4 is 0 Å². The Bertz CT molecular complexity index is 294. The Hall–Kier alpha value is -1.05. The van der Waals surface area contributed by atoms with Gasteiger partial charge in [0.1, 0.15) is 0 Å². The first-order valence-electron chi connectivity index (χ1n) is 4.90. The molecule has 0 heterocycles. The summed E-state index contributed by atoms with van der Waals surface area (Å²) in [6, 6.07) is 5.01. The van der Waals surface area contributed by atoms with E-state index < -0.39 is 0 Å². The van der Waals surface area contributed by atoms with Crippen molar-refractivity contribution in [2.45, 2.75) is 26.2 Å². The lowest BCUT2D eigenvalue weighted by Crippen LogP contribution is -1.98. The molecule has 1 radical (unpaired) electrons. The van der Waals surface area contributed by atoms with Gasteiger partial charge in [-0.25, -0.2) is 4.39 Å². The van der Waals surface area contributed by atoms with Crippen molar-refractivity contribution in [3.63, 3.8) is 0 Å². The maximum Gasteiger partial charge on any atom is 0.165 e. The monoisotopic (exact) mass is 195 g/mol. The first-order chi connectivity index (χ1) is 6.65. The molecule has 1 nitrogen and oxygen atoms in total. The molecule has 0 aliphatic rings. The quantitative estimate of drug-likeness (QED) is 0.713. The fourth-order valence-corrected chi connectivity index (χ4v) is 1.15. The lowest BCUT2D eigenvalue weighted by atomic mass is 10.0. The molecule has 0 bridgehead atoms. The summed E-state index contributed by atoms with van der Waals surface area (Å²) in [5, 5.41) is 0. The molecule has 1 aromatic carbocycles. The summed E-state index contributed by atoms with van der Waals surface area (Å²) in [5.74, 6) is 0.132. The van der Waals surface area contributed by atoms with Crippen LogP contribution in [0.5, 0.6) is 5.75 Å². The van der Waals surface area contributed by atoms with Gasteiger partial charge in [0.2, 0.25) is 0 Å². The van der Waals surface area contributed by atoms with Crippen molar-refractivity contribution in [2.75, 3.05) is 6.61 Å². The van der Waals surface area contributed by atoms with Gasteiger partial charge < -0.3 is 4.74 Å². The molecule has 1 atom stereocenters. The molecule has 0 amide bonds. The van der Waals surface area contributed by atoms with Crippen LogP contribution in [0.3, 0.4) is 0 Å². The SMILES string of the molecule is [CH2]C(C)c1ccc(OCCC)c(F)c1. The molecule has 1 aromatic rings. The number of hydrogen-bond donors (Lipinski definition) is 0. The molecule has 0 N–H and O–H groups in total. The molecule has 0 aromatic heterocycles. The molecule has 77 valence electrons. The summed E-state index contributed by atoms with van der Waals surface area (Å²) >= 11 is 0. The minimum Gasteiger partial charge on any atom is -0.491 e. The average Bonchev–Trinajstić information content (AvgIpc) is 2.15. The summed E-state index contributed by atoms with van der Waals surface area (Å²) in [7, 11) is 0. The van der Waals surface area contributed by atoms with E-state index in [1.165, 1.54) is 6.07 Å². The van der Waals surface area contributed by atoms with E-state index in [0.29, 0.717) is 12.4 Å². The third-order valence-electron chi connectivity index (χ3n) is 1.99. The minimum absolute atomic E-state index is 0.102. The van der Waals surface area contributed by atoms with Gasteiger partial charge in [0.25, 0.3) is 0 Å². The van der Waals surface area contributed by atoms with Gasteiger partial charge in [0, 0.05) is 0 Å².